The summed E-state index contributed by atoms with van der Waals surface area (Å²) in [5, 5.41) is 12.1. The number of rotatable bonds is 6. The number of nitrogens with zero attached hydrogens (tertiary/aromatic N) is 4. The minimum Gasteiger partial charge on any atom is -0.619 e. The van der Waals surface area contributed by atoms with Crippen molar-refractivity contribution in [2.75, 3.05) is 33.4 Å². The molecule has 3 aromatic rings. The number of halogens is 2. The molecular formula is C28H30BrClN4O3. The second kappa shape index (κ2) is 11.5. The number of hydrogen-bond donors (Lipinski definition) is 0. The lowest BCUT2D eigenvalue weighted by molar-refractivity contribution is -0.605. The minimum atomic E-state index is -0.0122. The van der Waals surface area contributed by atoms with E-state index in [4.69, 9.17) is 21.3 Å². The highest BCUT2D eigenvalue weighted by atomic mass is 79.9. The van der Waals surface area contributed by atoms with E-state index >= 15 is 0 Å². The maximum Gasteiger partial charge on any atom is 0.227 e. The van der Waals surface area contributed by atoms with E-state index in [2.05, 4.69) is 39.0 Å². The zero-order valence-electron chi connectivity index (χ0n) is 20.8. The van der Waals surface area contributed by atoms with Crippen molar-refractivity contribution in [3.8, 4) is 0 Å². The zero-order chi connectivity index (χ0) is 25.9. The van der Waals surface area contributed by atoms with Gasteiger partial charge in [0.2, 0.25) is 5.91 Å². The maximum absolute atomic E-state index is 13.4. The summed E-state index contributed by atoms with van der Waals surface area (Å²) in [6, 6.07) is 11.8. The first-order chi connectivity index (χ1) is 17.9. The SMILES string of the molecule is COCC[C@H]1CN(C2c3ccc(Cl)cc3CCc3cc(Br)cnc32)CCN1C(=O)Cc1cc[n+]([O-])cc1. The molecule has 2 aromatic heterocycles. The summed E-state index contributed by atoms with van der Waals surface area (Å²) in [4.78, 5) is 22.7. The molecule has 7 nitrogen and oxygen atoms in total. The molecule has 1 saturated heterocycles. The van der Waals surface area contributed by atoms with Crippen molar-refractivity contribution in [2.24, 2.45) is 0 Å². The van der Waals surface area contributed by atoms with E-state index in [1.54, 1.807) is 19.2 Å². The quantitative estimate of drug-likeness (QED) is 0.322. The third-order valence-corrected chi connectivity index (χ3v) is 8.04. The second-order valence-corrected chi connectivity index (χ2v) is 11.1. The average molecular weight is 586 g/mol. The summed E-state index contributed by atoms with van der Waals surface area (Å²) in [6.07, 6.45) is 7.56. The summed E-state index contributed by atoms with van der Waals surface area (Å²) >= 11 is 9.99. The summed E-state index contributed by atoms with van der Waals surface area (Å²) in [5.41, 5.74) is 5.63. The standard InChI is InChI=1S/C28H30BrClN4O3/c1-37-13-8-24-18-32(11-12-34(24)26(35)14-19-6-9-33(36)10-7-19)28-25-5-4-23(30)16-20(25)2-3-21-15-22(29)17-31-27(21)28/h4-7,9-10,15-17,24,28H,2-3,8,11-14,18H2,1H3/t24-,28?/m0/s1. The van der Waals surface area contributed by atoms with Gasteiger partial charge in [0.1, 0.15) is 0 Å². The van der Waals surface area contributed by atoms with Gasteiger partial charge in [0.25, 0.3) is 0 Å². The van der Waals surface area contributed by atoms with E-state index in [-0.39, 0.29) is 24.4 Å². The molecule has 9 heteroatoms. The fraction of sp³-hybridized carbons (Fsp3) is 0.393. The number of ether oxygens (including phenoxy) is 1. The lowest BCUT2D eigenvalue weighted by atomic mass is 9.94. The van der Waals surface area contributed by atoms with Crippen LogP contribution < -0.4 is 4.73 Å². The van der Waals surface area contributed by atoms with Crippen molar-refractivity contribution >= 4 is 33.4 Å². The Hall–Kier alpha value is -2.52. The van der Waals surface area contributed by atoms with Gasteiger partial charge in [-0.3, -0.25) is 14.7 Å². The molecule has 1 aliphatic carbocycles. The van der Waals surface area contributed by atoms with Crippen LogP contribution in [0.5, 0.6) is 0 Å². The predicted octanol–water partition coefficient (Wildman–Crippen LogP) is 4.11. The number of piperazine rings is 1. The van der Waals surface area contributed by atoms with Gasteiger partial charge in [0.15, 0.2) is 12.4 Å². The molecule has 2 atom stereocenters. The number of pyridine rings is 2. The van der Waals surface area contributed by atoms with Gasteiger partial charge in [0, 0.05) is 67.2 Å². The Balaban J connectivity index is 1.44. The monoisotopic (exact) mass is 584 g/mol. The Labute approximate surface area is 230 Å². The van der Waals surface area contributed by atoms with Gasteiger partial charge < -0.3 is 14.8 Å². The molecule has 0 bridgehead atoms. The summed E-state index contributed by atoms with van der Waals surface area (Å²) in [6.45, 7) is 2.64. The topological polar surface area (TPSA) is 72.6 Å². The molecule has 1 aromatic carbocycles. The van der Waals surface area contributed by atoms with E-state index in [0.29, 0.717) is 19.7 Å². The largest absolute Gasteiger partial charge is 0.619 e. The zero-order valence-corrected chi connectivity index (χ0v) is 23.1. The van der Waals surface area contributed by atoms with Crippen molar-refractivity contribution in [1.29, 1.82) is 0 Å². The first-order valence-electron chi connectivity index (χ1n) is 12.6. The minimum absolute atomic E-state index is 0.00672. The summed E-state index contributed by atoms with van der Waals surface area (Å²) < 4.78 is 7.13. The molecule has 0 spiro atoms. The Morgan fingerprint density at radius 1 is 1.19 bits per heavy atom. The lowest BCUT2D eigenvalue weighted by Gasteiger charge is -2.45. The lowest BCUT2D eigenvalue weighted by Crippen LogP contribution is -2.56. The van der Waals surface area contributed by atoms with E-state index in [0.717, 1.165) is 51.3 Å². The number of aromatic nitrogens is 2. The van der Waals surface area contributed by atoms with Crippen LogP contribution in [0.4, 0.5) is 0 Å². The highest BCUT2D eigenvalue weighted by Crippen LogP contribution is 2.38. The fourth-order valence-electron chi connectivity index (χ4n) is 5.56. The number of carbonyl (C=O) groups is 1. The van der Waals surface area contributed by atoms with Gasteiger partial charge >= 0.3 is 0 Å². The van der Waals surface area contributed by atoms with Crippen LogP contribution in [0, 0.1) is 5.21 Å². The third kappa shape index (κ3) is 5.82. The number of aryl methyl sites for hydroxylation is 2. The first-order valence-corrected chi connectivity index (χ1v) is 13.7. The van der Waals surface area contributed by atoms with Gasteiger partial charge in [-0.2, -0.15) is 4.73 Å². The van der Waals surface area contributed by atoms with Crippen molar-refractivity contribution in [1.82, 2.24) is 14.8 Å². The molecule has 0 saturated carbocycles. The highest BCUT2D eigenvalue weighted by molar-refractivity contribution is 9.10. The summed E-state index contributed by atoms with van der Waals surface area (Å²) in [5.74, 6) is 0.0694. The van der Waals surface area contributed by atoms with Crippen LogP contribution in [0.1, 0.15) is 40.4 Å². The van der Waals surface area contributed by atoms with Crippen molar-refractivity contribution in [2.45, 2.75) is 37.8 Å². The molecule has 5 rings (SSSR count). The Bertz CT molecular complexity index is 1220. The molecule has 1 unspecified atom stereocenters. The molecule has 2 aliphatic rings. The average Bonchev–Trinajstić information content (AvgIpc) is 3.04. The molecule has 0 N–H and O–H groups in total. The molecule has 1 aliphatic heterocycles. The fourth-order valence-corrected chi connectivity index (χ4v) is 6.14. The van der Waals surface area contributed by atoms with Crippen LogP contribution in [-0.2, 0) is 28.8 Å². The molecular weight excluding hydrogens is 556 g/mol. The van der Waals surface area contributed by atoms with Crippen LogP contribution in [0.2, 0.25) is 5.02 Å². The third-order valence-electron chi connectivity index (χ3n) is 7.37. The summed E-state index contributed by atoms with van der Waals surface area (Å²) in [7, 11) is 1.69. The smallest absolute Gasteiger partial charge is 0.227 e. The van der Waals surface area contributed by atoms with Gasteiger partial charge in [-0.15, -0.1) is 0 Å². The van der Waals surface area contributed by atoms with Crippen LogP contribution in [0.15, 0.2) is 59.5 Å². The van der Waals surface area contributed by atoms with E-state index in [1.807, 2.05) is 17.2 Å². The highest BCUT2D eigenvalue weighted by Gasteiger charge is 2.37. The van der Waals surface area contributed by atoms with Crippen LogP contribution in [-0.4, -0.2) is 60.1 Å². The van der Waals surface area contributed by atoms with Crippen LogP contribution in [0.25, 0.3) is 0 Å². The van der Waals surface area contributed by atoms with Crippen molar-refractivity contribution in [3.05, 3.63) is 97.6 Å². The number of benzene rings is 1. The molecule has 194 valence electrons. The first kappa shape index (κ1) is 26.1. The van der Waals surface area contributed by atoms with E-state index in [9.17, 15) is 10.0 Å². The maximum atomic E-state index is 13.4. The number of carbonyl (C=O) groups excluding carboxylic acids is 1. The number of amides is 1. The van der Waals surface area contributed by atoms with Crippen molar-refractivity contribution < 1.29 is 14.3 Å². The number of hydrogen-bond acceptors (Lipinski definition) is 5. The Morgan fingerprint density at radius 2 is 1.97 bits per heavy atom. The Kier molecular flexibility index (Phi) is 8.09. The molecule has 0 radical (unpaired) electrons. The van der Waals surface area contributed by atoms with E-state index < -0.39 is 0 Å². The van der Waals surface area contributed by atoms with Gasteiger partial charge in [-0.1, -0.05) is 17.7 Å². The molecule has 3 heterocycles. The van der Waals surface area contributed by atoms with Crippen LogP contribution >= 0.6 is 27.5 Å². The van der Waals surface area contributed by atoms with Gasteiger partial charge in [-0.25, -0.2) is 0 Å². The normalized spacial score (nSPS) is 19.7. The van der Waals surface area contributed by atoms with Crippen molar-refractivity contribution in [3.63, 3.8) is 0 Å². The number of fused-ring (bicyclic) bond motifs is 2. The molecule has 1 amide bonds. The van der Waals surface area contributed by atoms with Gasteiger partial charge in [-0.05, 0) is 75.6 Å². The molecule has 37 heavy (non-hydrogen) atoms. The molecule has 1 fully saturated rings. The van der Waals surface area contributed by atoms with Crippen LogP contribution in [0.3, 0.4) is 0 Å². The van der Waals surface area contributed by atoms with Gasteiger partial charge in [0.05, 0.1) is 18.2 Å². The predicted molar refractivity (Wildman–Crippen MR) is 145 cm³/mol. The second-order valence-electron chi connectivity index (χ2n) is 9.70. The Morgan fingerprint density at radius 3 is 2.76 bits per heavy atom. The number of methoxy groups -OCH3 is 1. The van der Waals surface area contributed by atoms with E-state index in [1.165, 1.54) is 29.1 Å².